The summed E-state index contributed by atoms with van der Waals surface area (Å²) in [5.41, 5.74) is 2.47. The average molecular weight is 523 g/mol. The summed E-state index contributed by atoms with van der Waals surface area (Å²) in [4.78, 5) is 30.1. The van der Waals surface area contributed by atoms with Crippen LogP contribution in [0, 0.1) is 5.82 Å². The number of nitrogens with one attached hydrogen (secondary N) is 2. The molecule has 1 aromatic heterocycles. The van der Waals surface area contributed by atoms with Gasteiger partial charge in [0.1, 0.15) is 12.4 Å². The number of carbonyl (C=O) groups excluding carboxylic acids is 1. The molecule has 3 N–H and O–H groups in total. The molecule has 8 heteroatoms. The Bertz CT molecular complexity index is 1070. The Kier molecular flexibility index (Phi) is 16.3. The standard InChI is InChI=1S/C13H11N3O3.C9H9F.C6H13N.C2H6/c17-11(18)8-16-13(19)10-4-2-9(3-5-10)12-14-6-1-7-15-12;10-9-5-3-8(4-6-9)7-1-2-7;1-3-5-7-6-4-2;1-2/h1-7H,8H2,(H,16,19)(H,17,18);3-7H,1-2H2;3,7H,1,4-6H2,2H3;1-2H3. The van der Waals surface area contributed by atoms with E-state index in [1.165, 1.54) is 37.0 Å². The van der Waals surface area contributed by atoms with Crippen molar-refractivity contribution in [3.8, 4) is 11.4 Å². The second kappa shape index (κ2) is 19.2. The summed E-state index contributed by atoms with van der Waals surface area (Å²) < 4.78 is 12.4. The fraction of sp³-hybridized carbons (Fsp3) is 0.333. The highest BCUT2D eigenvalue weighted by molar-refractivity contribution is 5.96. The molecule has 204 valence electrons. The fourth-order valence-electron chi connectivity index (χ4n) is 3.01. The van der Waals surface area contributed by atoms with E-state index in [2.05, 4.69) is 34.1 Å². The van der Waals surface area contributed by atoms with Crippen LogP contribution in [0.25, 0.3) is 11.4 Å². The summed E-state index contributed by atoms with van der Waals surface area (Å²) in [7, 11) is 0. The molecule has 1 fully saturated rings. The molecule has 3 aromatic rings. The predicted molar refractivity (Wildman–Crippen MR) is 151 cm³/mol. The summed E-state index contributed by atoms with van der Waals surface area (Å²) in [6.45, 7) is 11.4. The van der Waals surface area contributed by atoms with Crippen LogP contribution in [0.5, 0.6) is 0 Å². The van der Waals surface area contributed by atoms with Crippen LogP contribution in [0.3, 0.4) is 0 Å². The van der Waals surface area contributed by atoms with E-state index >= 15 is 0 Å². The maximum Gasteiger partial charge on any atom is 0.322 e. The minimum absolute atomic E-state index is 0.135. The first-order valence-corrected chi connectivity index (χ1v) is 12.9. The summed E-state index contributed by atoms with van der Waals surface area (Å²) in [5, 5.41) is 13.9. The molecule has 2 aromatic carbocycles. The topological polar surface area (TPSA) is 104 Å². The Labute approximate surface area is 225 Å². The van der Waals surface area contributed by atoms with E-state index in [0.717, 1.165) is 24.6 Å². The Morgan fingerprint density at radius 3 is 2.16 bits per heavy atom. The number of carboxylic acids is 1. The van der Waals surface area contributed by atoms with Crippen molar-refractivity contribution in [2.45, 2.75) is 46.0 Å². The van der Waals surface area contributed by atoms with E-state index in [0.29, 0.717) is 11.4 Å². The molecule has 0 aliphatic heterocycles. The van der Waals surface area contributed by atoms with Gasteiger partial charge in [-0.15, -0.1) is 6.58 Å². The van der Waals surface area contributed by atoms with E-state index in [1.807, 2.05) is 32.1 Å². The molecule has 1 aliphatic rings. The Balaban J connectivity index is 0.000000317. The Hall–Kier alpha value is -3.91. The van der Waals surface area contributed by atoms with Crippen LogP contribution < -0.4 is 10.6 Å². The van der Waals surface area contributed by atoms with Gasteiger partial charge in [-0.3, -0.25) is 9.59 Å². The Morgan fingerprint density at radius 1 is 1.05 bits per heavy atom. The lowest BCUT2D eigenvalue weighted by Gasteiger charge is -2.03. The van der Waals surface area contributed by atoms with E-state index in [9.17, 15) is 14.0 Å². The van der Waals surface area contributed by atoms with E-state index < -0.39 is 18.4 Å². The third-order valence-corrected chi connectivity index (χ3v) is 5.01. The van der Waals surface area contributed by atoms with E-state index in [-0.39, 0.29) is 5.82 Å². The monoisotopic (exact) mass is 522 g/mol. The van der Waals surface area contributed by atoms with Crippen LogP contribution in [-0.4, -0.2) is 46.6 Å². The van der Waals surface area contributed by atoms with Gasteiger partial charge in [0.25, 0.3) is 5.91 Å². The number of aromatic nitrogens is 2. The number of rotatable bonds is 9. The molecule has 1 saturated carbocycles. The van der Waals surface area contributed by atoms with Crippen molar-refractivity contribution < 1.29 is 19.1 Å². The molecular weight excluding hydrogens is 483 g/mol. The Morgan fingerprint density at radius 2 is 1.66 bits per heavy atom. The number of amides is 1. The van der Waals surface area contributed by atoms with Crippen LogP contribution in [0.2, 0.25) is 0 Å². The summed E-state index contributed by atoms with van der Waals surface area (Å²) >= 11 is 0. The van der Waals surface area contributed by atoms with E-state index in [1.54, 1.807) is 42.7 Å². The smallest absolute Gasteiger partial charge is 0.322 e. The lowest BCUT2D eigenvalue weighted by molar-refractivity contribution is -0.135. The van der Waals surface area contributed by atoms with Crippen LogP contribution >= 0.6 is 0 Å². The lowest BCUT2D eigenvalue weighted by atomic mass is 10.1. The van der Waals surface area contributed by atoms with Crippen molar-refractivity contribution in [2.75, 3.05) is 19.6 Å². The minimum Gasteiger partial charge on any atom is -0.480 e. The van der Waals surface area contributed by atoms with Crippen LogP contribution in [-0.2, 0) is 4.79 Å². The van der Waals surface area contributed by atoms with Crippen LogP contribution in [0.15, 0.2) is 79.6 Å². The van der Waals surface area contributed by atoms with Gasteiger partial charge in [0.05, 0.1) is 0 Å². The van der Waals surface area contributed by atoms with Crippen molar-refractivity contribution in [3.63, 3.8) is 0 Å². The first kappa shape index (κ1) is 32.1. The van der Waals surface area contributed by atoms with E-state index in [4.69, 9.17) is 5.11 Å². The first-order chi connectivity index (χ1) is 18.4. The SMILES string of the molecule is C=CCNCCC.CC.Fc1ccc(C2CC2)cc1.O=C(O)CNC(=O)c1ccc(-c2ncccn2)cc1. The van der Waals surface area contributed by atoms with Gasteiger partial charge in [-0.05, 0) is 67.6 Å². The van der Waals surface area contributed by atoms with Crippen LogP contribution in [0.1, 0.15) is 61.9 Å². The van der Waals surface area contributed by atoms with Crippen molar-refractivity contribution in [1.82, 2.24) is 20.6 Å². The quantitative estimate of drug-likeness (QED) is 0.240. The zero-order valence-electron chi connectivity index (χ0n) is 22.5. The van der Waals surface area contributed by atoms with Crippen molar-refractivity contribution >= 4 is 11.9 Å². The van der Waals surface area contributed by atoms with Gasteiger partial charge in [-0.1, -0.05) is 51.1 Å². The highest BCUT2D eigenvalue weighted by Crippen LogP contribution is 2.39. The summed E-state index contributed by atoms with van der Waals surface area (Å²) in [6.07, 6.45) is 8.91. The van der Waals surface area contributed by atoms with Crippen molar-refractivity contribution in [3.05, 3.63) is 96.6 Å². The molecule has 0 saturated heterocycles. The normalized spacial score (nSPS) is 11.3. The average Bonchev–Trinajstić information content (AvgIpc) is 3.81. The van der Waals surface area contributed by atoms with Crippen LogP contribution in [0.4, 0.5) is 4.39 Å². The molecule has 1 amide bonds. The second-order valence-corrected chi connectivity index (χ2v) is 8.04. The molecular formula is C30H39FN4O3. The number of aliphatic carboxylic acids is 1. The number of carbonyl (C=O) groups is 2. The van der Waals surface area contributed by atoms with Gasteiger partial charge in [0.15, 0.2) is 5.82 Å². The highest BCUT2D eigenvalue weighted by Gasteiger charge is 2.22. The van der Waals surface area contributed by atoms with Crippen molar-refractivity contribution in [2.24, 2.45) is 0 Å². The van der Waals surface area contributed by atoms with Gasteiger partial charge in [-0.2, -0.15) is 0 Å². The number of benzene rings is 2. The fourth-order valence-corrected chi connectivity index (χ4v) is 3.01. The third kappa shape index (κ3) is 13.4. The van der Waals surface area contributed by atoms with Gasteiger partial charge in [0, 0.05) is 30.1 Å². The molecule has 38 heavy (non-hydrogen) atoms. The minimum atomic E-state index is -1.08. The summed E-state index contributed by atoms with van der Waals surface area (Å²) in [5.74, 6) is -0.337. The molecule has 4 rings (SSSR count). The molecule has 7 nitrogen and oxygen atoms in total. The number of carboxylic acid groups (broad SMARTS) is 1. The molecule has 1 aliphatic carbocycles. The van der Waals surface area contributed by atoms with Gasteiger partial charge in [-0.25, -0.2) is 14.4 Å². The first-order valence-electron chi connectivity index (χ1n) is 12.9. The van der Waals surface area contributed by atoms with Crippen molar-refractivity contribution in [1.29, 1.82) is 0 Å². The number of nitrogens with zero attached hydrogens (tertiary/aromatic N) is 2. The predicted octanol–water partition coefficient (Wildman–Crippen LogP) is 5.86. The molecule has 0 spiro atoms. The maximum atomic E-state index is 12.4. The van der Waals surface area contributed by atoms with Gasteiger partial charge < -0.3 is 15.7 Å². The molecule has 0 unspecified atom stereocenters. The largest absolute Gasteiger partial charge is 0.480 e. The zero-order chi connectivity index (χ0) is 28.2. The van der Waals surface area contributed by atoms with Gasteiger partial charge >= 0.3 is 5.97 Å². The van der Waals surface area contributed by atoms with Gasteiger partial charge in [0.2, 0.25) is 0 Å². The highest BCUT2D eigenvalue weighted by atomic mass is 19.1. The molecule has 0 atom stereocenters. The zero-order valence-corrected chi connectivity index (χ0v) is 22.5. The second-order valence-electron chi connectivity index (χ2n) is 8.04. The molecule has 0 bridgehead atoms. The molecule has 0 radical (unpaired) electrons. The number of hydrogen-bond acceptors (Lipinski definition) is 5. The molecule has 1 heterocycles. The lowest BCUT2D eigenvalue weighted by Crippen LogP contribution is -2.29. The maximum absolute atomic E-state index is 12.4. The number of hydrogen-bond donors (Lipinski definition) is 3. The summed E-state index contributed by atoms with van der Waals surface area (Å²) in [6, 6.07) is 15.2. The number of halogens is 1. The third-order valence-electron chi connectivity index (χ3n) is 5.01.